The van der Waals surface area contributed by atoms with Gasteiger partial charge in [-0.15, -0.1) is 0 Å². The summed E-state index contributed by atoms with van der Waals surface area (Å²) in [6.45, 7) is 3.36. The van der Waals surface area contributed by atoms with Crippen LogP contribution in [0.5, 0.6) is 5.75 Å². The van der Waals surface area contributed by atoms with Crippen LogP contribution >= 0.6 is 22.9 Å². The van der Waals surface area contributed by atoms with Crippen LogP contribution in [0.15, 0.2) is 24.4 Å². The fraction of sp³-hybridized carbons (Fsp3) is 0.308. The second-order valence-corrected chi connectivity index (χ2v) is 5.45. The van der Waals surface area contributed by atoms with E-state index in [2.05, 4.69) is 17.2 Å². The molecule has 0 saturated carbocycles. The maximum atomic E-state index is 13.2. The third-order valence-electron chi connectivity index (χ3n) is 2.35. The van der Waals surface area contributed by atoms with Gasteiger partial charge in [-0.25, -0.2) is 9.37 Å². The van der Waals surface area contributed by atoms with E-state index >= 15 is 0 Å². The molecule has 0 aliphatic heterocycles. The van der Waals surface area contributed by atoms with Gasteiger partial charge < -0.3 is 10.1 Å². The molecule has 0 saturated heterocycles. The Morgan fingerprint density at radius 2 is 2.32 bits per heavy atom. The Hall–Kier alpha value is -1.33. The van der Waals surface area contributed by atoms with E-state index in [0.717, 1.165) is 23.0 Å². The Morgan fingerprint density at radius 1 is 1.47 bits per heavy atom. The molecule has 6 heteroatoms. The normalized spacial score (nSPS) is 10.5. The average Bonchev–Trinajstić information content (AvgIpc) is 2.86. The Bertz CT molecular complexity index is 547. The van der Waals surface area contributed by atoms with Crippen LogP contribution in [0.2, 0.25) is 5.02 Å². The second kappa shape index (κ2) is 6.73. The fourth-order valence-electron chi connectivity index (χ4n) is 1.41. The van der Waals surface area contributed by atoms with Gasteiger partial charge in [-0.2, -0.15) is 0 Å². The van der Waals surface area contributed by atoms with Gasteiger partial charge in [-0.05, 0) is 18.6 Å². The Labute approximate surface area is 120 Å². The molecule has 1 heterocycles. The fourth-order valence-corrected chi connectivity index (χ4v) is 2.28. The summed E-state index contributed by atoms with van der Waals surface area (Å²) >= 11 is 7.14. The number of aromatic nitrogens is 1. The SMILES string of the molecule is CCCNc1ncc(COc2ccc(Cl)c(F)c2)s1. The number of thiazole rings is 1. The Balaban J connectivity index is 1.91. The average molecular weight is 301 g/mol. The van der Waals surface area contributed by atoms with Crippen molar-refractivity contribution in [3.05, 3.63) is 40.1 Å². The van der Waals surface area contributed by atoms with Crippen molar-refractivity contribution in [2.75, 3.05) is 11.9 Å². The van der Waals surface area contributed by atoms with Gasteiger partial charge in [0, 0.05) is 18.8 Å². The largest absolute Gasteiger partial charge is 0.488 e. The van der Waals surface area contributed by atoms with E-state index in [-0.39, 0.29) is 5.02 Å². The van der Waals surface area contributed by atoms with Crippen LogP contribution in [0.3, 0.4) is 0 Å². The summed E-state index contributed by atoms with van der Waals surface area (Å²) in [4.78, 5) is 5.21. The van der Waals surface area contributed by atoms with E-state index in [0.29, 0.717) is 12.4 Å². The summed E-state index contributed by atoms with van der Waals surface area (Å²) < 4.78 is 18.7. The van der Waals surface area contributed by atoms with Crippen molar-refractivity contribution in [2.45, 2.75) is 20.0 Å². The zero-order chi connectivity index (χ0) is 13.7. The molecule has 19 heavy (non-hydrogen) atoms. The molecule has 0 fully saturated rings. The van der Waals surface area contributed by atoms with Crippen LogP contribution in [0.4, 0.5) is 9.52 Å². The zero-order valence-electron chi connectivity index (χ0n) is 10.5. The third-order valence-corrected chi connectivity index (χ3v) is 3.59. The van der Waals surface area contributed by atoms with Gasteiger partial charge >= 0.3 is 0 Å². The molecule has 0 aliphatic rings. The number of anilines is 1. The van der Waals surface area contributed by atoms with Crippen molar-refractivity contribution in [3.63, 3.8) is 0 Å². The highest BCUT2D eigenvalue weighted by Crippen LogP contribution is 2.23. The van der Waals surface area contributed by atoms with Crippen LogP contribution in [0, 0.1) is 5.82 Å². The number of nitrogens with one attached hydrogen (secondary N) is 1. The molecule has 1 N–H and O–H groups in total. The quantitative estimate of drug-likeness (QED) is 0.862. The molecule has 0 bridgehead atoms. The van der Waals surface area contributed by atoms with Crippen LogP contribution in [0.1, 0.15) is 18.2 Å². The summed E-state index contributed by atoms with van der Waals surface area (Å²) in [5.41, 5.74) is 0. The molecular formula is C13H14ClFN2OS. The first-order valence-corrected chi connectivity index (χ1v) is 7.15. The van der Waals surface area contributed by atoms with Crippen molar-refractivity contribution in [2.24, 2.45) is 0 Å². The van der Waals surface area contributed by atoms with Crippen molar-refractivity contribution in [3.8, 4) is 5.75 Å². The van der Waals surface area contributed by atoms with Crippen molar-refractivity contribution in [1.29, 1.82) is 0 Å². The lowest BCUT2D eigenvalue weighted by Gasteiger charge is -2.04. The lowest BCUT2D eigenvalue weighted by Crippen LogP contribution is -1.97. The Kier molecular flexibility index (Phi) is 4.99. The molecule has 0 atom stereocenters. The number of nitrogens with zero attached hydrogens (tertiary/aromatic N) is 1. The molecule has 0 spiro atoms. The summed E-state index contributed by atoms with van der Waals surface area (Å²) in [5, 5.41) is 4.18. The molecule has 3 nitrogen and oxygen atoms in total. The highest BCUT2D eigenvalue weighted by molar-refractivity contribution is 7.15. The van der Waals surface area contributed by atoms with Gasteiger partial charge in [-0.3, -0.25) is 0 Å². The first-order chi connectivity index (χ1) is 9.19. The zero-order valence-corrected chi connectivity index (χ0v) is 12.0. The van der Waals surface area contributed by atoms with Gasteiger partial charge in [0.05, 0.1) is 9.90 Å². The predicted molar refractivity (Wildman–Crippen MR) is 76.6 cm³/mol. The third kappa shape index (κ3) is 4.08. The highest BCUT2D eigenvalue weighted by atomic mass is 35.5. The molecule has 2 aromatic rings. The number of hydrogen-bond donors (Lipinski definition) is 1. The van der Waals surface area contributed by atoms with Gasteiger partial charge in [0.1, 0.15) is 18.2 Å². The predicted octanol–water partition coefficient (Wildman–Crippen LogP) is 4.34. The van der Waals surface area contributed by atoms with Crippen molar-refractivity contribution < 1.29 is 9.13 Å². The molecule has 0 amide bonds. The summed E-state index contributed by atoms with van der Waals surface area (Å²) in [6.07, 6.45) is 2.81. The lowest BCUT2D eigenvalue weighted by molar-refractivity contribution is 0.308. The van der Waals surface area contributed by atoms with Crippen molar-refractivity contribution >= 4 is 28.1 Å². The van der Waals surface area contributed by atoms with Gasteiger partial charge in [-0.1, -0.05) is 29.9 Å². The van der Waals surface area contributed by atoms with Crippen LogP contribution in [-0.4, -0.2) is 11.5 Å². The number of rotatable bonds is 6. The van der Waals surface area contributed by atoms with E-state index < -0.39 is 5.82 Å². The van der Waals surface area contributed by atoms with E-state index in [1.54, 1.807) is 12.3 Å². The van der Waals surface area contributed by atoms with E-state index in [9.17, 15) is 4.39 Å². The minimum atomic E-state index is -0.478. The van der Waals surface area contributed by atoms with Crippen LogP contribution in [-0.2, 0) is 6.61 Å². The monoisotopic (exact) mass is 300 g/mol. The maximum Gasteiger partial charge on any atom is 0.182 e. The second-order valence-electron chi connectivity index (χ2n) is 3.92. The molecular weight excluding hydrogens is 287 g/mol. The molecule has 1 aromatic carbocycles. The van der Waals surface area contributed by atoms with E-state index in [4.69, 9.17) is 16.3 Å². The highest BCUT2D eigenvalue weighted by Gasteiger charge is 2.04. The van der Waals surface area contributed by atoms with Crippen molar-refractivity contribution in [1.82, 2.24) is 4.98 Å². The standard InChI is InChI=1S/C13H14ClFN2OS/c1-2-5-16-13-17-7-10(19-13)8-18-9-3-4-11(14)12(15)6-9/h3-4,6-7H,2,5,8H2,1H3,(H,16,17). The van der Waals surface area contributed by atoms with Crippen LogP contribution in [0.25, 0.3) is 0 Å². The molecule has 0 radical (unpaired) electrons. The molecule has 102 valence electrons. The lowest BCUT2D eigenvalue weighted by atomic mass is 10.3. The van der Waals surface area contributed by atoms with E-state index in [1.165, 1.54) is 23.5 Å². The molecule has 1 aromatic heterocycles. The topological polar surface area (TPSA) is 34.2 Å². The minimum Gasteiger partial charge on any atom is -0.488 e. The molecule has 2 rings (SSSR count). The summed E-state index contributed by atoms with van der Waals surface area (Å²) in [7, 11) is 0. The van der Waals surface area contributed by atoms with Gasteiger partial charge in [0.2, 0.25) is 0 Å². The first kappa shape index (κ1) is 14.1. The molecule has 0 aliphatic carbocycles. The van der Waals surface area contributed by atoms with Gasteiger partial charge in [0.25, 0.3) is 0 Å². The molecule has 0 unspecified atom stereocenters. The van der Waals surface area contributed by atoms with Gasteiger partial charge in [0.15, 0.2) is 5.13 Å². The number of ether oxygens (including phenoxy) is 1. The summed E-state index contributed by atoms with van der Waals surface area (Å²) in [5.74, 6) is -0.0212. The first-order valence-electron chi connectivity index (χ1n) is 5.95. The Morgan fingerprint density at radius 3 is 3.05 bits per heavy atom. The van der Waals surface area contributed by atoms with Crippen LogP contribution < -0.4 is 10.1 Å². The number of halogens is 2. The van der Waals surface area contributed by atoms with E-state index in [1.807, 2.05) is 0 Å². The smallest absolute Gasteiger partial charge is 0.182 e. The minimum absolute atomic E-state index is 0.0937. The number of benzene rings is 1. The number of hydrogen-bond acceptors (Lipinski definition) is 4. The summed E-state index contributed by atoms with van der Waals surface area (Å²) in [6, 6.07) is 4.40. The maximum absolute atomic E-state index is 13.2.